The van der Waals surface area contributed by atoms with Crippen LogP contribution in [0.15, 0.2) is 52.5 Å². The number of nitrogens with zero attached hydrogens (tertiary/aromatic N) is 1. The summed E-state index contributed by atoms with van der Waals surface area (Å²) in [5.41, 5.74) is 0.738. The molecular formula is C19H15BrN2O5. The van der Waals surface area contributed by atoms with E-state index in [-0.39, 0.29) is 5.57 Å². The van der Waals surface area contributed by atoms with E-state index in [4.69, 9.17) is 9.47 Å². The highest BCUT2D eigenvalue weighted by molar-refractivity contribution is 9.10. The number of ether oxygens (including phenoxy) is 2. The highest BCUT2D eigenvalue weighted by atomic mass is 79.9. The molecule has 0 saturated carbocycles. The summed E-state index contributed by atoms with van der Waals surface area (Å²) < 4.78 is 11.0. The molecule has 2 aromatic rings. The normalized spacial score (nSPS) is 15.7. The zero-order chi connectivity index (χ0) is 19.6. The van der Waals surface area contributed by atoms with Crippen LogP contribution in [0, 0.1) is 0 Å². The van der Waals surface area contributed by atoms with Gasteiger partial charge in [-0.3, -0.25) is 14.9 Å². The third-order valence-electron chi connectivity index (χ3n) is 3.90. The molecule has 2 aromatic carbocycles. The minimum absolute atomic E-state index is 0.158. The lowest BCUT2D eigenvalue weighted by Crippen LogP contribution is -2.54. The van der Waals surface area contributed by atoms with Crippen molar-refractivity contribution in [2.75, 3.05) is 19.1 Å². The van der Waals surface area contributed by atoms with Gasteiger partial charge in [0.25, 0.3) is 11.8 Å². The number of imide groups is 2. The smallest absolute Gasteiger partial charge is 0.335 e. The Morgan fingerprint density at radius 3 is 2.48 bits per heavy atom. The van der Waals surface area contributed by atoms with Crippen LogP contribution in [-0.2, 0) is 9.59 Å². The van der Waals surface area contributed by atoms with E-state index in [9.17, 15) is 14.4 Å². The van der Waals surface area contributed by atoms with Crippen molar-refractivity contribution in [3.05, 3.63) is 58.1 Å². The molecule has 0 atom stereocenters. The zero-order valence-corrected chi connectivity index (χ0v) is 16.1. The van der Waals surface area contributed by atoms with Crippen LogP contribution in [0.25, 0.3) is 6.08 Å². The van der Waals surface area contributed by atoms with Gasteiger partial charge in [0.2, 0.25) is 0 Å². The fourth-order valence-electron chi connectivity index (χ4n) is 2.58. The Balaban J connectivity index is 2.00. The van der Waals surface area contributed by atoms with E-state index < -0.39 is 17.8 Å². The van der Waals surface area contributed by atoms with Gasteiger partial charge in [-0.2, -0.15) is 0 Å². The number of amides is 4. The molecule has 3 rings (SSSR count). The molecule has 0 aliphatic carbocycles. The van der Waals surface area contributed by atoms with Gasteiger partial charge in [-0.05, 0) is 51.8 Å². The van der Waals surface area contributed by atoms with Crippen molar-refractivity contribution in [2.24, 2.45) is 0 Å². The lowest BCUT2D eigenvalue weighted by molar-refractivity contribution is -0.122. The molecule has 1 N–H and O–H groups in total. The van der Waals surface area contributed by atoms with Crippen LogP contribution in [0.3, 0.4) is 0 Å². The lowest BCUT2D eigenvalue weighted by Gasteiger charge is -2.26. The molecule has 0 bridgehead atoms. The van der Waals surface area contributed by atoms with Crippen molar-refractivity contribution >= 4 is 45.5 Å². The number of hydrogen-bond donors (Lipinski definition) is 1. The van der Waals surface area contributed by atoms with E-state index in [0.29, 0.717) is 27.2 Å². The summed E-state index contributed by atoms with van der Waals surface area (Å²) in [5, 5.41) is 2.18. The average Bonchev–Trinajstić information content (AvgIpc) is 2.65. The molecule has 138 valence electrons. The van der Waals surface area contributed by atoms with Crippen LogP contribution in [-0.4, -0.2) is 32.1 Å². The zero-order valence-electron chi connectivity index (χ0n) is 14.5. The Morgan fingerprint density at radius 2 is 1.81 bits per heavy atom. The lowest BCUT2D eigenvalue weighted by atomic mass is 10.1. The first kappa shape index (κ1) is 18.7. The predicted octanol–water partition coefficient (Wildman–Crippen LogP) is 3.13. The second-order valence-electron chi connectivity index (χ2n) is 5.55. The van der Waals surface area contributed by atoms with E-state index in [0.717, 1.165) is 4.90 Å². The van der Waals surface area contributed by atoms with Crippen LogP contribution in [0.4, 0.5) is 10.5 Å². The number of hydrogen-bond acceptors (Lipinski definition) is 5. The molecular weight excluding hydrogens is 416 g/mol. The molecule has 1 fully saturated rings. The molecule has 1 aliphatic heterocycles. The van der Waals surface area contributed by atoms with Gasteiger partial charge in [0, 0.05) is 6.07 Å². The van der Waals surface area contributed by atoms with Gasteiger partial charge in [-0.25, -0.2) is 9.69 Å². The van der Waals surface area contributed by atoms with Crippen molar-refractivity contribution < 1.29 is 23.9 Å². The Hall–Kier alpha value is -3.13. The largest absolute Gasteiger partial charge is 0.497 e. The molecule has 4 amide bonds. The van der Waals surface area contributed by atoms with Gasteiger partial charge in [0.05, 0.1) is 24.4 Å². The summed E-state index contributed by atoms with van der Waals surface area (Å²) in [7, 11) is 3.02. The molecule has 8 heteroatoms. The minimum atomic E-state index is -0.814. The maximum absolute atomic E-state index is 12.9. The Kier molecular flexibility index (Phi) is 5.27. The van der Waals surface area contributed by atoms with Crippen molar-refractivity contribution in [1.29, 1.82) is 0 Å². The van der Waals surface area contributed by atoms with Gasteiger partial charge in [0.15, 0.2) is 0 Å². The van der Waals surface area contributed by atoms with Crippen molar-refractivity contribution in [1.82, 2.24) is 5.32 Å². The summed E-state index contributed by atoms with van der Waals surface area (Å²) >= 11 is 3.36. The molecule has 7 nitrogen and oxygen atoms in total. The van der Waals surface area contributed by atoms with E-state index in [1.54, 1.807) is 36.4 Å². The highest BCUT2D eigenvalue weighted by Gasteiger charge is 2.36. The monoisotopic (exact) mass is 430 g/mol. The Bertz CT molecular complexity index is 970. The summed E-state index contributed by atoms with van der Waals surface area (Å²) in [6.45, 7) is 0. The standard InChI is InChI=1S/C19H15BrN2O5/c1-26-13-5-3-4-12(10-13)22-18(24)14(17(23)21-19(22)25)8-11-6-7-16(27-2)15(20)9-11/h3-10H,1-2H3,(H,21,23,25)/b14-8-. The van der Waals surface area contributed by atoms with Crippen LogP contribution in [0.2, 0.25) is 0 Å². The quantitative estimate of drug-likeness (QED) is 0.594. The minimum Gasteiger partial charge on any atom is -0.497 e. The summed E-state index contributed by atoms with van der Waals surface area (Å²) in [5.74, 6) is -0.376. The van der Waals surface area contributed by atoms with Crippen LogP contribution in [0.5, 0.6) is 11.5 Å². The maximum atomic E-state index is 12.9. The molecule has 0 aromatic heterocycles. The van der Waals surface area contributed by atoms with Crippen LogP contribution >= 0.6 is 15.9 Å². The number of methoxy groups -OCH3 is 2. The number of carbonyl (C=O) groups is 3. The number of barbiturate groups is 1. The topological polar surface area (TPSA) is 84.9 Å². The summed E-state index contributed by atoms with van der Waals surface area (Å²) in [4.78, 5) is 38.2. The van der Waals surface area contributed by atoms with Gasteiger partial charge in [-0.1, -0.05) is 12.1 Å². The van der Waals surface area contributed by atoms with Gasteiger partial charge in [0.1, 0.15) is 17.1 Å². The first-order valence-corrected chi connectivity index (χ1v) is 8.63. The highest BCUT2D eigenvalue weighted by Crippen LogP contribution is 2.28. The van der Waals surface area contributed by atoms with E-state index >= 15 is 0 Å². The van der Waals surface area contributed by atoms with Gasteiger partial charge < -0.3 is 9.47 Å². The SMILES string of the molecule is COc1cccc(N2C(=O)NC(=O)/C(=C/c3ccc(OC)c(Br)c3)C2=O)c1. The molecule has 1 heterocycles. The molecule has 1 aliphatic rings. The second kappa shape index (κ2) is 7.63. The first-order valence-electron chi connectivity index (χ1n) is 7.83. The third kappa shape index (κ3) is 3.70. The molecule has 1 saturated heterocycles. The summed E-state index contributed by atoms with van der Waals surface area (Å²) in [6, 6.07) is 10.7. The van der Waals surface area contributed by atoms with Crippen molar-refractivity contribution in [3.63, 3.8) is 0 Å². The number of urea groups is 1. The number of benzene rings is 2. The van der Waals surface area contributed by atoms with Crippen LogP contribution < -0.4 is 19.7 Å². The number of halogens is 1. The van der Waals surface area contributed by atoms with Crippen molar-refractivity contribution in [2.45, 2.75) is 0 Å². The van der Waals surface area contributed by atoms with E-state index in [1.807, 2.05) is 0 Å². The second-order valence-corrected chi connectivity index (χ2v) is 6.41. The fraction of sp³-hybridized carbons (Fsp3) is 0.105. The van der Waals surface area contributed by atoms with Crippen LogP contribution in [0.1, 0.15) is 5.56 Å². The van der Waals surface area contributed by atoms with Crippen molar-refractivity contribution in [3.8, 4) is 11.5 Å². The van der Waals surface area contributed by atoms with E-state index in [2.05, 4.69) is 21.2 Å². The maximum Gasteiger partial charge on any atom is 0.335 e. The predicted molar refractivity (Wildman–Crippen MR) is 103 cm³/mol. The Morgan fingerprint density at radius 1 is 1.04 bits per heavy atom. The molecule has 0 spiro atoms. The average molecular weight is 431 g/mol. The van der Waals surface area contributed by atoms with E-state index in [1.165, 1.54) is 26.4 Å². The number of anilines is 1. The van der Waals surface area contributed by atoms with Gasteiger partial charge in [-0.15, -0.1) is 0 Å². The Labute approximate surface area is 163 Å². The molecule has 0 radical (unpaired) electrons. The number of rotatable bonds is 4. The number of nitrogens with one attached hydrogen (secondary N) is 1. The third-order valence-corrected chi connectivity index (χ3v) is 4.52. The fourth-order valence-corrected chi connectivity index (χ4v) is 3.14. The number of carbonyl (C=O) groups excluding carboxylic acids is 3. The summed E-state index contributed by atoms with van der Waals surface area (Å²) in [6.07, 6.45) is 1.42. The first-order chi connectivity index (χ1) is 12.9. The van der Waals surface area contributed by atoms with Gasteiger partial charge >= 0.3 is 6.03 Å². The molecule has 0 unspecified atom stereocenters. The molecule has 27 heavy (non-hydrogen) atoms.